The van der Waals surface area contributed by atoms with Gasteiger partial charge in [0.2, 0.25) is 0 Å². The van der Waals surface area contributed by atoms with E-state index in [2.05, 4.69) is 17.5 Å². The van der Waals surface area contributed by atoms with Crippen molar-refractivity contribution in [2.75, 3.05) is 0 Å². The van der Waals surface area contributed by atoms with Crippen LogP contribution >= 0.6 is 0 Å². The Kier molecular flexibility index (Phi) is 1.11. The number of rotatable bonds is 0. The van der Waals surface area contributed by atoms with E-state index >= 15 is 0 Å². The lowest BCUT2D eigenvalue weighted by molar-refractivity contribution is 0.921. The summed E-state index contributed by atoms with van der Waals surface area (Å²) in [6.45, 7) is 2.07. The maximum Gasteiger partial charge on any atom is 0.0287 e. The van der Waals surface area contributed by atoms with Gasteiger partial charge in [-0.2, -0.15) is 5.10 Å². The monoisotopic (exact) mass is 96.1 g/mol. The van der Waals surface area contributed by atoms with Crippen LogP contribution in [-0.2, 0) is 0 Å². The average molecular weight is 96.1 g/mol. The molecule has 2 heteroatoms. The fourth-order valence-corrected chi connectivity index (χ4v) is 0.449. The van der Waals surface area contributed by atoms with Gasteiger partial charge in [0.15, 0.2) is 0 Å². The van der Waals surface area contributed by atoms with Gasteiger partial charge >= 0.3 is 0 Å². The van der Waals surface area contributed by atoms with Gasteiger partial charge in [0.1, 0.15) is 0 Å². The smallest absolute Gasteiger partial charge is 0.0287 e. The molecule has 1 aliphatic heterocycles. The second-order valence-electron chi connectivity index (χ2n) is 1.64. The van der Waals surface area contributed by atoms with E-state index in [1.165, 1.54) is 5.57 Å². The van der Waals surface area contributed by atoms with Gasteiger partial charge in [-0.15, -0.1) is 0 Å². The van der Waals surface area contributed by atoms with E-state index in [-0.39, 0.29) is 0 Å². The minimum absolute atomic E-state index is 0.993. The molecule has 0 saturated heterocycles. The van der Waals surface area contributed by atoms with Crippen molar-refractivity contribution in [3.05, 3.63) is 11.8 Å². The average Bonchev–Trinajstić information content (AvgIpc) is 1.69. The third kappa shape index (κ3) is 1.03. The first kappa shape index (κ1) is 4.37. The van der Waals surface area contributed by atoms with Gasteiger partial charge in [-0.1, -0.05) is 5.57 Å². The molecule has 0 aromatic rings. The van der Waals surface area contributed by atoms with E-state index in [0.29, 0.717) is 0 Å². The van der Waals surface area contributed by atoms with Crippen LogP contribution in [0.15, 0.2) is 16.9 Å². The molecule has 0 aromatic carbocycles. The van der Waals surface area contributed by atoms with Crippen LogP contribution in [0, 0.1) is 0 Å². The molecule has 0 amide bonds. The van der Waals surface area contributed by atoms with Crippen molar-refractivity contribution in [1.29, 1.82) is 0 Å². The molecule has 0 bridgehead atoms. The molecule has 0 atom stereocenters. The van der Waals surface area contributed by atoms with Gasteiger partial charge in [-0.05, 0) is 6.92 Å². The first-order valence-electron chi connectivity index (χ1n) is 2.32. The lowest BCUT2D eigenvalue weighted by atomic mass is 10.2. The van der Waals surface area contributed by atoms with E-state index < -0.39 is 0 Å². The first-order chi connectivity index (χ1) is 3.39. The van der Waals surface area contributed by atoms with Gasteiger partial charge in [0.25, 0.3) is 0 Å². The zero-order valence-electron chi connectivity index (χ0n) is 4.31. The Balaban J connectivity index is 2.50. The molecule has 0 unspecified atom stereocenters. The summed E-state index contributed by atoms with van der Waals surface area (Å²) in [4.78, 5) is 0. The van der Waals surface area contributed by atoms with Gasteiger partial charge < -0.3 is 0 Å². The predicted molar refractivity (Wildman–Crippen MR) is 30.0 cm³/mol. The second-order valence-corrected chi connectivity index (χ2v) is 1.64. The fourth-order valence-electron chi connectivity index (χ4n) is 0.449. The molecule has 0 aliphatic carbocycles. The molecular weight excluding hydrogens is 88.1 g/mol. The van der Waals surface area contributed by atoms with Crippen molar-refractivity contribution in [3.8, 4) is 0 Å². The van der Waals surface area contributed by atoms with E-state index in [1.54, 1.807) is 0 Å². The zero-order valence-corrected chi connectivity index (χ0v) is 4.31. The number of allylic oxidation sites excluding steroid dienone is 1. The number of hydrazone groups is 1. The number of hydrogen-bond donors (Lipinski definition) is 1. The Labute approximate surface area is 42.9 Å². The predicted octanol–water partition coefficient (Wildman–Crippen LogP) is 0.869. The third-order valence-electron chi connectivity index (χ3n) is 0.890. The summed E-state index contributed by atoms with van der Waals surface area (Å²) in [6.07, 6.45) is 4.75. The van der Waals surface area contributed by atoms with Crippen molar-refractivity contribution >= 4 is 6.21 Å². The summed E-state index contributed by atoms with van der Waals surface area (Å²) < 4.78 is 0. The van der Waals surface area contributed by atoms with Gasteiger partial charge in [0.05, 0.1) is 0 Å². The molecule has 38 valence electrons. The molecular formula is C5H8N2. The molecule has 1 heterocycles. The highest BCUT2D eigenvalue weighted by atomic mass is 15.3. The Bertz CT molecular complexity index is 113. The first-order valence-corrected chi connectivity index (χ1v) is 2.32. The van der Waals surface area contributed by atoms with E-state index in [4.69, 9.17) is 0 Å². The van der Waals surface area contributed by atoms with Crippen LogP contribution in [0.5, 0.6) is 0 Å². The quantitative estimate of drug-likeness (QED) is 0.475. The van der Waals surface area contributed by atoms with Gasteiger partial charge in [0, 0.05) is 18.8 Å². The van der Waals surface area contributed by atoms with Crippen molar-refractivity contribution < 1.29 is 0 Å². The number of nitrogens with zero attached hydrogens (tertiary/aromatic N) is 1. The number of hydrogen-bond acceptors (Lipinski definition) is 2. The molecule has 0 aromatic heterocycles. The van der Waals surface area contributed by atoms with Crippen LogP contribution in [0.1, 0.15) is 13.3 Å². The molecule has 1 N–H and O–H groups in total. The van der Waals surface area contributed by atoms with E-state index in [1.807, 2.05) is 12.4 Å². The largest absolute Gasteiger partial charge is 0.286 e. The van der Waals surface area contributed by atoms with Crippen LogP contribution < -0.4 is 5.43 Å². The lowest BCUT2D eigenvalue weighted by Crippen LogP contribution is -2.01. The molecule has 0 fully saturated rings. The molecule has 7 heavy (non-hydrogen) atoms. The van der Waals surface area contributed by atoms with E-state index in [0.717, 1.165) is 6.42 Å². The normalized spacial score (nSPS) is 18.1. The van der Waals surface area contributed by atoms with E-state index in [9.17, 15) is 0 Å². The Morgan fingerprint density at radius 2 is 2.71 bits per heavy atom. The second kappa shape index (κ2) is 1.78. The summed E-state index contributed by atoms with van der Waals surface area (Å²) in [5, 5.41) is 3.78. The zero-order chi connectivity index (χ0) is 5.11. The third-order valence-corrected chi connectivity index (χ3v) is 0.890. The van der Waals surface area contributed by atoms with Crippen LogP contribution in [0.2, 0.25) is 0 Å². The maximum atomic E-state index is 3.78. The molecule has 0 radical (unpaired) electrons. The lowest BCUT2D eigenvalue weighted by Gasteiger charge is -1.99. The molecule has 2 nitrogen and oxygen atoms in total. The van der Waals surface area contributed by atoms with Crippen molar-refractivity contribution in [1.82, 2.24) is 5.43 Å². The van der Waals surface area contributed by atoms with Crippen molar-refractivity contribution in [2.45, 2.75) is 13.3 Å². The highest BCUT2D eigenvalue weighted by Gasteiger charge is 1.87. The summed E-state index contributed by atoms with van der Waals surface area (Å²) in [5.41, 5.74) is 4.07. The molecule has 1 rings (SSSR count). The fraction of sp³-hybridized carbons (Fsp3) is 0.400. The van der Waals surface area contributed by atoms with Crippen molar-refractivity contribution in [3.63, 3.8) is 0 Å². The minimum Gasteiger partial charge on any atom is -0.286 e. The van der Waals surface area contributed by atoms with Crippen LogP contribution in [0.3, 0.4) is 0 Å². The number of nitrogens with one attached hydrogen (secondary N) is 1. The Morgan fingerprint density at radius 1 is 1.86 bits per heavy atom. The maximum absolute atomic E-state index is 3.78. The highest BCUT2D eigenvalue weighted by molar-refractivity contribution is 5.61. The summed E-state index contributed by atoms with van der Waals surface area (Å²) in [6, 6.07) is 0. The molecule has 0 saturated carbocycles. The van der Waals surface area contributed by atoms with Crippen molar-refractivity contribution in [2.24, 2.45) is 5.10 Å². The Morgan fingerprint density at radius 3 is 3.00 bits per heavy atom. The highest BCUT2D eigenvalue weighted by Crippen LogP contribution is 1.96. The van der Waals surface area contributed by atoms with Crippen LogP contribution in [-0.4, -0.2) is 6.21 Å². The summed E-state index contributed by atoms with van der Waals surface area (Å²) in [7, 11) is 0. The van der Waals surface area contributed by atoms with Gasteiger partial charge in [-0.25, -0.2) is 0 Å². The van der Waals surface area contributed by atoms with Crippen LogP contribution in [0.4, 0.5) is 0 Å². The standard InChI is InChI=1S/C5H8N2/c1-5-2-3-6-7-4-5/h3-4,7H,2H2,1H3. The Hall–Kier alpha value is -0.790. The topological polar surface area (TPSA) is 24.4 Å². The summed E-state index contributed by atoms with van der Waals surface area (Å²) in [5.74, 6) is 0. The molecule has 1 aliphatic rings. The SMILES string of the molecule is CC1=CNN=CC1. The van der Waals surface area contributed by atoms with Gasteiger partial charge in [-0.3, -0.25) is 5.43 Å². The summed E-state index contributed by atoms with van der Waals surface area (Å²) >= 11 is 0. The van der Waals surface area contributed by atoms with Crippen LogP contribution in [0.25, 0.3) is 0 Å². The molecule has 0 spiro atoms. The minimum atomic E-state index is 0.993.